The summed E-state index contributed by atoms with van der Waals surface area (Å²) >= 11 is 0. The molecule has 1 aromatic carbocycles. The molecule has 2 N–H and O–H groups in total. The van der Waals surface area contributed by atoms with Crippen LogP contribution >= 0.6 is 0 Å². The van der Waals surface area contributed by atoms with Gasteiger partial charge >= 0.3 is 0 Å². The van der Waals surface area contributed by atoms with Crippen LogP contribution in [-0.2, 0) is 6.54 Å². The zero-order valence-electron chi connectivity index (χ0n) is 23.7. The van der Waals surface area contributed by atoms with Gasteiger partial charge in [-0.3, -0.25) is 0 Å². The fourth-order valence-electron chi connectivity index (χ4n) is 8.60. The molecule has 0 bridgehead atoms. The van der Waals surface area contributed by atoms with E-state index < -0.39 is 6.10 Å². The molecule has 6 nitrogen and oxygen atoms in total. The first-order chi connectivity index (χ1) is 18.8. The highest BCUT2D eigenvalue weighted by Crippen LogP contribution is 2.65. The van der Waals surface area contributed by atoms with Gasteiger partial charge < -0.3 is 24.3 Å². The average Bonchev–Trinajstić information content (AvgIpc) is 3.54. The van der Waals surface area contributed by atoms with E-state index in [9.17, 15) is 10.2 Å². The maximum absolute atomic E-state index is 11.6. The quantitative estimate of drug-likeness (QED) is 0.336. The Morgan fingerprint density at radius 2 is 1.97 bits per heavy atom. The van der Waals surface area contributed by atoms with Gasteiger partial charge in [-0.1, -0.05) is 37.6 Å². The molecule has 0 saturated heterocycles. The molecule has 3 fully saturated rings. The third kappa shape index (κ3) is 4.74. The van der Waals surface area contributed by atoms with Crippen molar-refractivity contribution < 1.29 is 19.7 Å². The number of aryl methyl sites for hydroxylation is 1. The van der Waals surface area contributed by atoms with Gasteiger partial charge in [0.15, 0.2) is 11.5 Å². The second kappa shape index (κ2) is 10.4. The molecule has 0 radical (unpaired) electrons. The third-order valence-electron chi connectivity index (χ3n) is 10.9. The lowest BCUT2D eigenvalue weighted by Crippen LogP contribution is -2.51. The SMILES string of the molecule is COc1cc(/C=C2\CC3C4CC=C5C[C@@H](O)CC[C@]5(C)C4CC[C@]3(C)[C@H]2O)ccc1OCCCn1ccnc1. The average molecular weight is 533 g/mol. The topological polar surface area (TPSA) is 76.7 Å². The molecule has 39 heavy (non-hydrogen) atoms. The van der Waals surface area contributed by atoms with Gasteiger partial charge in [0.2, 0.25) is 0 Å². The Morgan fingerprint density at radius 1 is 1.10 bits per heavy atom. The summed E-state index contributed by atoms with van der Waals surface area (Å²) in [6, 6.07) is 6.09. The fraction of sp³-hybridized carbons (Fsp3) is 0.606. The van der Waals surface area contributed by atoms with E-state index in [1.54, 1.807) is 13.3 Å². The Labute approximate surface area is 232 Å². The molecule has 6 heteroatoms. The molecular weight excluding hydrogens is 488 g/mol. The first kappa shape index (κ1) is 26.6. The van der Waals surface area contributed by atoms with Crippen molar-refractivity contribution in [2.75, 3.05) is 13.7 Å². The molecule has 1 heterocycles. The number of benzene rings is 1. The van der Waals surface area contributed by atoms with E-state index in [1.165, 1.54) is 12.0 Å². The molecule has 4 aliphatic rings. The van der Waals surface area contributed by atoms with Crippen molar-refractivity contribution in [1.29, 1.82) is 0 Å². The highest BCUT2D eigenvalue weighted by molar-refractivity contribution is 5.60. The Kier molecular flexibility index (Phi) is 7.13. The summed E-state index contributed by atoms with van der Waals surface area (Å²) in [5.74, 6) is 3.21. The molecule has 0 amide bonds. The number of imidazole rings is 1. The number of allylic oxidation sites excluding steroid dienone is 1. The summed E-state index contributed by atoms with van der Waals surface area (Å²) in [7, 11) is 1.68. The molecule has 0 aliphatic heterocycles. The highest BCUT2D eigenvalue weighted by atomic mass is 16.5. The number of hydrogen-bond donors (Lipinski definition) is 2. The lowest BCUT2D eigenvalue weighted by molar-refractivity contribution is -0.0685. The van der Waals surface area contributed by atoms with Crippen LogP contribution < -0.4 is 9.47 Å². The molecule has 1 aromatic heterocycles. The summed E-state index contributed by atoms with van der Waals surface area (Å²) in [4.78, 5) is 4.08. The number of aliphatic hydroxyl groups is 2. The second-order valence-corrected chi connectivity index (χ2v) is 12.9. The smallest absolute Gasteiger partial charge is 0.161 e. The van der Waals surface area contributed by atoms with Gasteiger partial charge in [0.1, 0.15) is 0 Å². The van der Waals surface area contributed by atoms with E-state index in [0.717, 1.165) is 74.1 Å². The molecular formula is C33H44N2O4. The van der Waals surface area contributed by atoms with E-state index >= 15 is 0 Å². The van der Waals surface area contributed by atoms with Gasteiger partial charge in [-0.05, 0) is 97.8 Å². The first-order valence-electron chi connectivity index (χ1n) is 14.8. The minimum absolute atomic E-state index is 0.0781. The zero-order valence-corrected chi connectivity index (χ0v) is 23.7. The Hall–Kier alpha value is -2.57. The minimum Gasteiger partial charge on any atom is -0.493 e. The van der Waals surface area contributed by atoms with Crippen LogP contribution in [0.2, 0.25) is 0 Å². The molecule has 2 aromatic rings. The van der Waals surface area contributed by atoms with Crippen molar-refractivity contribution in [3.63, 3.8) is 0 Å². The first-order valence-corrected chi connectivity index (χ1v) is 14.8. The van der Waals surface area contributed by atoms with Crippen LogP contribution in [0.3, 0.4) is 0 Å². The van der Waals surface area contributed by atoms with Crippen LogP contribution in [0.5, 0.6) is 11.5 Å². The van der Waals surface area contributed by atoms with Crippen LogP contribution in [0.1, 0.15) is 70.8 Å². The highest BCUT2D eigenvalue weighted by Gasteiger charge is 2.59. The van der Waals surface area contributed by atoms with Crippen LogP contribution in [-0.4, -0.2) is 45.7 Å². The summed E-state index contributed by atoms with van der Waals surface area (Å²) in [6.07, 6.45) is 17.7. The monoisotopic (exact) mass is 532 g/mol. The number of ether oxygens (including phenoxy) is 2. The lowest BCUT2D eigenvalue weighted by Gasteiger charge is -2.57. The second-order valence-electron chi connectivity index (χ2n) is 12.9. The fourth-order valence-corrected chi connectivity index (χ4v) is 8.60. The molecule has 0 spiro atoms. The van der Waals surface area contributed by atoms with Crippen molar-refractivity contribution >= 4 is 6.08 Å². The summed E-state index contributed by atoms with van der Waals surface area (Å²) in [6.45, 7) is 6.25. The Morgan fingerprint density at radius 3 is 2.77 bits per heavy atom. The maximum Gasteiger partial charge on any atom is 0.161 e. The number of rotatable bonds is 7. The molecule has 4 aliphatic carbocycles. The van der Waals surface area contributed by atoms with E-state index in [-0.39, 0.29) is 16.9 Å². The lowest BCUT2D eigenvalue weighted by atomic mass is 9.48. The van der Waals surface area contributed by atoms with Gasteiger partial charge in [0, 0.05) is 24.4 Å². The van der Waals surface area contributed by atoms with Crippen LogP contribution in [0, 0.1) is 28.6 Å². The molecule has 210 valence electrons. The summed E-state index contributed by atoms with van der Waals surface area (Å²) in [5.41, 5.74) is 3.83. The van der Waals surface area contributed by atoms with Gasteiger partial charge in [-0.15, -0.1) is 0 Å². The number of methoxy groups -OCH3 is 1. The molecule has 7 atom stereocenters. The van der Waals surface area contributed by atoms with Gasteiger partial charge in [-0.2, -0.15) is 0 Å². The van der Waals surface area contributed by atoms with Crippen LogP contribution in [0.4, 0.5) is 0 Å². The third-order valence-corrected chi connectivity index (χ3v) is 10.9. The van der Waals surface area contributed by atoms with Crippen molar-refractivity contribution in [1.82, 2.24) is 9.55 Å². The predicted octanol–water partition coefficient (Wildman–Crippen LogP) is 6.04. The Bertz CT molecular complexity index is 1240. The number of hydrogen-bond acceptors (Lipinski definition) is 5. The normalized spacial score (nSPS) is 36.6. The van der Waals surface area contributed by atoms with E-state index in [4.69, 9.17) is 9.47 Å². The molecule has 3 saturated carbocycles. The maximum atomic E-state index is 11.6. The molecule has 6 rings (SSSR count). The van der Waals surface area contributed by atoms with E-state index in [2.05, 4.69) is 37.0 Å². The summed E-state index contributed by atoms with van der Waals surface area (Å²) in [5, 5.41) is 22.0. The van der Waals surface area contributed by atoms with Crippen LogP contribution in [0.25, 0.3) is 6.08 Å². The van der Waals surface area contributed by atoms with Crippen molar-refractivity contribution in [2.24, 2.45) is 28.6 Å². The zero-order chi connectivity index (χ0) is 27.2. The van der Waals surface area contributed by atoms with Gasteiger partial charge in [0.05, 0.1) is 32.3 Å². The number of aliphatic hydroxyl groups excluding tert-OH is 2. The van der Waals surface area contributed by atoms with Gasteiger partial charge in [-0.25, -0.2) is 4.98 Å². The minimum atomic E-state index is -0.417. The van der Waals surface area contributed by atoms with Crippen LogP contribution in [0.15, 0.2) is 54.1 Å². The standard InChI is InChI=1S/C33H44N2O4/c1-32-11-9-25(36)20-24(32)6-7-26-27(32)10-12-33(2)28(26)19-23(31(33)37)17-22-5-8-29(30(18-22)38-3)39-16-4-14-35-15-13-34-21-35/h5-6,8,13,15,17-18,21,25-28,31,36-37H,4,7,9-12,14,16,19-20H2,1-3H3/b23-17+/t25-,26?,27?,28?,31-,32-,33-/m0/s1. The molecule has 3 unspecified atom stereocenters. The van der Waals surface area contributed by atoms with Crippen molar-refractivity contribution in [2.45, 2.75) is 84.0 Å². The Balaban J connectivity index is 1.17. The number of fused-ring (bicyclic) bond motifs is 5. The summed E-state index contributed by atoms with van der Waals surface area (Å²) < 4.78 is 13.8. The van der Waals surface area contributed by atoms with Gasteiger partial charge in [0.25, 0.3) is 0 Å². The number of aromatic nitrogens is 2. The van der Waals surface area contributed by atoms with Crippen molar-refractivity contribution in [3.05, 3.63) is 59.7 Å². The predicted molar refractivity (Wildman–Crippen MR) is 152 cm³/mol. The van der Waals surface area contributed by atoms with E-state index in [0.29, 0.717) is 24.4 Å². The van der Waals surface area contributed by atoms with E-state index in [1.807, 2.05) is 29.2 Å². The number of nitrogens with zero attached hydrogens (tertiary/aromatic N) is 2. The largest absolute Gasteiger partial charge is 0.493 e. The van der Waals surface area contributed by atoms with Crippen molar-refractivity contribution in [3.8, 4) is 11.5 Å².